The molecular formula is C15H17N3O. The van der Waals surface area contributed by atoms with E-state index in [1.165, 1.54) is 5.56 Å². The number of carbonyl (C=O) groups excluding carboxylic acids is 1. The fourth-order valence-corrected chi connectivity index (χ4v) is 2.12. The standard InChI is InChI=1S/C15H17N3O/c19-15(12-6-7-12)16-10-13-4-1-2-5-14(13)11-18-9-3-8-17-18/h1-5,8-9,12H,6-7,10-11H2,(H,16,19). The molecule has 1 amide bonds. The Morgan fingerprint density at radius 2 is 2.05 bits per heavy atom. The number of nitrogens with one attached hydrogen (secondary N) is 1. The molecule has 0 radical (unpaired) electrons. The third-order valence-corrected chi connectivity index (χ3v) is 3.41. The van der Waals surface area contributed by atoms with Crippen LogP contribution in [0.5, 0.6) is 0 Å². The Hall–Kier alpha value is -2.10. The Morgan fingerprint density at radius 1 is 1.26 bits per heavy atom. The van der Waals surface area contributed by atoms with E-state index in [1.54, 1.807) is 6.20 Å². The van der Waals surface area contributed by atoms with Crippen molar-refractivity contribution in [3.8, 4) is 0 Å². The van der Waals surface area contributed by atoms with Crippen LogP contribution in [0.25, 0.3) is 0 Å². The second-order valence-electron chi connectivity index (χ2n) is 4.96. The normalized spacial score (nSPS) is 14.3. The SMILES string of the molecule is O=C(NCc1ccccc1Cn1cccn1)C1CC1. The molecule has 1 aliphatic carbocycles. The highest BCUT2D eigenvalue weighted by atomic mass is 16.2. The number of hydrogen-bond donors (Lipinski definition) is 1. The van der Waals surface area contributed by atoms with Gasteiger partial charge in [0.1, 0.15) is 0 Å². The van der Waals surface area contributed by atoms with Gasteiger partial charge in [0.2, 0.25) is 5.91 Å². The highest BCUT2D eigenvalue weighted by Gasteiger charge is 2.29. The summed E-state index contributed by atoms with van der Waals surface area (Å²) in [7, 11) is 0. The summed E-state index contributed by atoms with van der Waals surface area (Å²) in [5.74, 6) is 0.451. The lowest BCUT2D eigenvalue weighted by atomic mass is 10.1. The molecule has 98 valence electrons. The Labute approximate surface area is 112 Å². The third-order valence-electron chi connectivity index (χ3n) is 3.41. The van der Waals surface area contributed by atoms with Crippen LogP contribution < -0.4 is 5.32 Å². The molecule has 1 fully saturated rings. The zero-order valence-corrected chi connectivity index (χ0v) is 10.7. The van der Waals surface area contributed by atoms with Gasteiger partial charge in [0.05, 0.1) is 6.54 Å². The van der Waals surface area contributed by atoms with Crippen molar-refractivity contribution in [3.63, 3.8) is 0 Å². The molecule has 4 heteroatoms. The minimum Gasteiger partial charge on any atom is -0.352 e. The molecule has 0 aliphatic heterocycles. The minimum absolute atomic E-state index is 0.189. The number of hydrogen-bond acceptors (Lipinski definition) is 2. The Morgan fingerprint density at radius 3 is 2.74 bits per heavy atom. The summed E-state index contributed by atoms with van der Waals surface area (Å²) >= 11 is 0. The van der Waals surface area contributed by atoms with E-state index in [4.69, 9.17) is 0 Å². The van der Waals surface area contributed by atoms with E-state index in [0.717, 1.165) is 24.9 Å². The second kappa shape index (κ2) is 5.26. The molecule has 1 heterocycles. The fourth-order valence-electron chi connectivity index (χ4n) is 2.12. The van der Waals surface area contributed by atoms with Gasteiger partial charge in [0.25, 0.3) is 0 Å². The van der Waals surface area contributed by atoms with Gasteiger partial charge in [-0.05, 0) is 30.0 Å². The van der Waals surface area contributed by atoms with Gasteiger partial charge in [-0.15, -0.1) is 0 Å². The van der Waals surface area contributed by atoms with Crippen LogP contribution in [0.2, 0.25) is 0 Å². The summed E-state index contributed by atoms with van der Waals surface area (Å²) in [4.78, 5) is 11.7. The smallest absolute Gasteiger partial charge is 0.223 e. The molecule has 0 atom stereocenters. The van der Waals surface area contributed by atoms with Crippen molar-refractivity contribution in [1.29, 1.82) is 0 Å². The maximum absolute atomic E-state index is 11.7. The minimum atomic E-state index is 0.189. The largest absolute Gasteiger partial charge is 0.352 e. The van der Waals surface area contributed by atoms with Gasteiger partial charge in [-0.3, -0.25) is 9.48 Å². The highest BCUT2D eigenvalue weighted by Crippen LogP contribution is 2.28. The van der Waals surface area contributed by atoms with Gasteiger partial charge in [0, 0.05) is 24.9 Å². The first-order chi connectivity index (χ1) is 9.33. The average Bonchev–Trinajstić information content (AvgIpc) is 3.16. The van der Waals surface area contributed by atoms with Gasteiger partial charge in [-0.2, -0.15) is 5.10 Å². The molecular weight excluding hydrogens is 238 g/mol. The molecule has 1 saturated carbocycles. The number of carbonyl (C=O) groups is 1. The molecule has 4 nitrogen and oxygen atoms in total. The van der Waals surface area contributed by atoms with Gasteiger partial charge in [0.15, 0.2) is 0 Å². The maximum atomic E-state index is 11.7. The highest BCUT2D eigenvalue weighted by molar-refractivity contribution is 5.80. The fraction of sp³-hybridized carbons (Fsp3) is 0.333. The predicted octanol–water partition coefficient (Wildman–Crippen LogP) is 1.96. The molecule has 1 aromatic carbocycles. The third kappa shape index (κ3) is 3.02. The number of amides is 1. The molecule has 1 aromatic heterocycles. The first kappa shape index (κ1) is 12.0. The lowest BCUT2D eigenvalue weighted by Crippen LogP contribution is -2.24. The van der Waals surface area contributed by atoms with Crippen molar-refractivity contribution in [2.45, 2.75) is 25.9 Å². The summed E-state index contributed by atoms with van der Waals surface area (Å²) in [6.07, 6.45) is 5.80. The molecule has 1 aliphatic rings. The van der Waals surface area contributed by atoms with Crippen LogP contribution in [0.3, 0.4) is 0 Å². The van der Waals surface area contributed by atoms with E-state index >= 15 is 0 Å². The van der Waals surface area contributed by atoms with Crippen molar-refractivity contribution in [3.05, 3.63) is 53.9 Å². The van der Waals surface area contributed by atoms with Gasteiger partial charge >= 0.3 is 0 Å². The van der Waals surface area contributed by atoms with E-state index in [-0.39, 0.29) is 11.8 Å². The van der Waals surface area contributed by atoms with E-state index in [2.05, 4.69) is 22.5 Å². The summed E-state index contributed by atoms with van der Waals surface area (Å²) in [6.45, 7) is 1.34. The first-order valence-corrected chi connectivity index (χ1v) is 6.65. The molecule has 3 rings (SSSR count). The molecule has 0 unspecified atom stereocenters. The topological polar surface area (TPSA) is 46.9 Å². The average molecular weight is 255 g/mol. The molecule has 19 heavy (non-hydrogen) atoms. The Bertz CT molecular complexity index is 559. The Balaban J connectivity index is 1.67. The second-order valence-corrected chi connectivity index (χ2v) is 4.96. The van der Waals surface area contributed by atoms with Crippen LogP contribution in [0.1, 0.15) is 24.0 Å². The van der Waals surface area contributed by atoms with Gasteiger partial charge in [-0.25, -0.2) is 0 Å². The zero-order chi connectivity index (χ0) is 13.1. The van der Waals surface area contributed by atoms with Crippen molar-refractivity contribution >= 4 is 5.91 Å². The molecule has 0 bridgehead atoms. The number of aromatic nitrogens is 2. The predicted molar refractivity (Wildman–Crippen MR) is 72.3 cm³/mol. The van der Waals surface area contributed by atoms with Crippen LogP contribution >= 0.6 is 0 Å². The van der Waals surface area contributed by atoms with Crippen LogP contribution in [0.15, 0.2) is 42.7 Å². The van der Waals surface area contributed by atoms with Crippen molar-refractivity contribution < 1.29 is 4.79 Å². The van der Waals surface area contributed by atoms with Crippen molar-refractivity contribution in [1.82, 2.24) is 15.1 Å². The van der Waals surface area contributed by atoms with Gasteiger partial charge in [-0.1, -0.05) is 24.3 Å². The van der Waals surface area contributed by atoms with E-state index in [1.807, 2.05) is 29.1 Å². The Kier molecular flexibility index (Phi) is 3.31. The lowest BCUT2D eigenvalue weighted by molar-refractivity contribution is -0.122. The van der Waals surface area contributed by atoms with Gasteiger partial charge < -0.3 is 5.32 Å². The lowest BCUT2D eigenvalue weighted by Gasteiger charge is -2.10. The van der Waals surface area contributed by atoms with Crippen molar-refractivity contribution in [2.75, 3.05) is 0 Å². The maximum Gasteiger partial charge on any atom is 0.223 e. The number of benzene rings is 1. The number of rotatable bonds is 5. The van der Waals surface area contributed by atoms with Crippen LogP contribution in [-0.2, 0) is 17.9 Å². The molecule has 2 aromatic rings. The van der Waals surface area contributed by atoms with Crippen LogP contribution in [-0.4, -0.2) is 15.7 Å². The number of nitrogens with zero attached hydrogens (tertiary/aromatic N) is 2. The van der Waals surface area contributed by atoms with E-state index < -0.39 is 0 Å². The monoisotopic (exact) mass is 255 g/mol. The zero-order valence-electron chi connectivity index (χ0n) is 10.7. The molecule has 1 N–H and O–H groups in total. The van der Waals surface area contributed by atoms with E-state index in [9.17, 15) is 4.79 Å². The molecule has 0 spiro atoms. The summed E-state index contributed by atoms with van der Waals surface area (Å²) in [5, 5.41) is 7.23. The van der Waals surface area contributed by atoms with Crippen LogP contribution in [0, 0.1) is 5.92 Å². The summed E-state index contributed by atoms with van der Waals surface area (Å²) in [6, 6.07) is 10.1. The van der Waals surface area contributed by atoms with Crippen molar-refractivity contribution in [2.24, 2.45) is 5.92 Å². The van der Waals surface area contributed by atoms with E-state index in [0.29, 0.717) is 6.54 Å². The van der Waals surface area contributed by atoms with Crippen LogP contribution in [0.4, 0.5) is 0 Å². The summed E-state index contributed by atoms with van der Waals surface area (Å²) < 4.78 is 1.89. The summed E-state index contributed by atoms with van der Waals surface area (Å²) in [5.41, 5.74) is 2.36. The quantitative estimate of drug-likeness (QED) is 0.887. The molecule has 0 saturated heterocycles. The first-order valence-electron chi connectivity index (χ1n) is 6.65.